The van der Waals surface area contributed by atoms with Crippen molar-refractivity contribution in [1.82, 2.24) is 4.72 Å². The van der Waals surface area contributed by atoms with Gasteiger partial charge in [-0.3, -0.25) is 0 Å². The Balaban J connectivity index is 2.87. The molecule has 0 fully saturated rings. The molecule has 0 bridgehead atoms. The Morgan fingerprint density at radius 1 is 1.40 bits per heavy atom. The van der Waals surface area contributed by atoms with Crippen molar-refractivity contribution in [2.24, 2.45) is 0 Å². The molecule has 0 aliphatic rings. The molecule has 0 saturated heterocycles. The third-order valence-corrected chi connectivity index (χ3v) is 4.02. The molecule has 1 rings (SSSR count). The lowest BCUT2D eigenvalue weighted by molar-refractivity contribution is 0.571. The molecular weight excluding hydrogens is 234 g/mol. The normalized spacial score (nSPS) is 13.8. The Bertz CT molecular complexity index is 431. The van der Waals surface area contributed by atoms with Gasteiger partial charge in [0, 0.05) is 6.04 Å². The Kier molecular flexibility index (Phi) is 4.13. The maximum atomic E-state index is 11.3. The number of hydrogen-bond donors (Lipinski definition) is 1. The van der Waals surface area contributed by atoms with Gasteiger partial charge in [0.15, 0.2) is 0 Å². The molecule has 0 heterocycles. The Labute approximate surface area is 95.5 Å². The molecule has 0 aromatic heterocycles. The van der Waals surface area contributed by atoms with E-state index in [1.165, 1.54) is 0 Å². The van der Waals surface area contributed by atoms with E-state index in [-0.39, 0.29) is 6.04 Å². The molecule has 0 aliphatic heterocycles. The van der Waals surface area contributed by atoms with Gasteiger partial charge < -0.3 is 0 Å². The van der Waals surface area contributed by atoms with Gasteiger partial charge in [0.2, 0.25) is 10.0 Å². The number of hydrogen-bond acceptors (Lipinski definition) is 2. The zero-order valence-electron chi connectivity index (χ0n) is 8.70. The number of halogens is 1. The standard InChI is InChI=1S/C10H14ClNO2S/c1-8-5-3-4-6-10(8)9(2)12-15(13,14)7-11/h3-6,9,12H,7H2,1-2H3/t9-/m1/s1. The van der Waals surface area contributed by atoms with E-state index in [0.29, 0.717) is 0 Å². The first-order valence-corrected chi connectivity index (χ1v) is 6.76. The van der Waals surface area contributed by atoms with E-state index in [1.54, 1.807) is 6.92 Å². The number of nitrogens with one attached hydrogen (secondary N) is 1. The third-order valence-electron chi connectivity index (χ3n) is 2.15. The summed E-state index contributed by atoms with van der Waals surface area (Å²) < 4.78 is 25.0. The van der Waals surface area contributed by atoms with Crippen LogP contribution in [0.1, 0.15) is 24.1 Å². The van der Waals surface area contributed by atoms with Crippen molar-refractivity contribution in [1.29, 1.82) is 0 Å². The van der Waals surface area contributed by atoms with Crippen LogP contribution < -0.4 is 4.72 Å². The summed E-state index contributed by atoms with van der Waals surface area (Å²) in [6.45, 7) is 3.74. The van der Waals surface area contributed by atoms with Crippen molar-refractivity contribution in [3.8, 4) is 0 Å². The highest BCUT2D eigenvalue weighted by atomic mass is 35.5. The maximum Gasteiger partial charge on any atom is 0.226 e. The topological polar surface area (TPSA) is 46.2 Å². The molecule has 84 valence electrons. The second-order valence-corrected chi connectivity index (χ2v) is 5.76. The van der Waals surface area contributed by atoms with Crippen LogP contribution in [0.15, 0.2) is 24.3 Å². The maximum absolute atomic E-state index is 11.3. The molecule has 1 N–H and O–H groups in total. The molecule has 1 aromatic rings. The van der Waals surface area contributed by atoms with Crippen molar-refractivity contribution >= 4 is 21.6 Å². The predicted octanol–water partition coefficient (Wildman–Crippen LogP) is 2.17. The lowest BCUT2D eigenvalue weighted by Gasteiger charge is -2.15. The zero-order valence-corrected chi connectivity index (χ0v) is 10.3. The molecule has 15 heavy (non-hydrogen) atoms. The molecule has 0 amide bonds. The highest BCUT2D eigenvalue weighted by Crippen LogP contribution is 2.17. The van der Waals surface area contributed by atoms with E-state index in [1.807, 2.05) is 31.2 Å². The summed E-state index contributed by atoms with van der Waals surface area (Å²) in [5.41, 5.74) is 2.02. The minimum Gasteiger partial charge on any atom is -0.211 e. The molecule has 0 aliphatic carbocycles. The fourth-order valence-corrected chi connectivity index (χ4v) is 2.35. The Morgan fingerprint density at radius 2 is 2.00 bits per heavy atom. The average Bonchev–Trinajstić information content (AvgIpc) is 2.17. The highest BCUT2D eigenvalue weighted by molar-refractivity contribution is 7.90. The minimum absolute atomic E-state index is 0.255. The van der Waals surface area contributed by atoms with Crippen molar-refractivity contribution in [3.63, 3.8) is 0 Å². The first kappa shape index (κ1) is 12.5. The molecule has 0 radical (unpaired) electrons. The minimum atomic E-state index is -3.37. The quantitative estimate of drug-likeness (QED) is 0.829. The van der Waals surface area contributed by atoms with Gasteiger partial charge in [-0.2, -0.15) is 0 Å². The molecule has 0 saturated carbocycles. The van der Waals surface area contributed by atoms with Crippen LogP contribution in [0.3, 0.4) is 0 Å². The molecule has 3 nitrogen and oxygen atoms in total. The average molecular weight is 248 g/mol. The SMILES string of the molecule is Cc1ccccc1[C@@H](C)NS(=O)(=O)CCl. The summed E-state index contributed by atoms with van der Waals surface area (Å²) >= 11 is 5.31. The van der Waals surface area contributed by atoms with E-state index >= 15 is 0 Å². The van der Waals surface area contributed by atoms with Gasteiger partial charge in [0.1, 0.15) is 5.21 Å². The number of alkyl halides is 1. The largest absolute Gasteiger partial charge is 0.226 e. The number of benzene rings is 1. The lowest BCUT2D eigenvalue weighted by atomic mass is 10.0. The van der Waals surface area contributed by atoms with Crippen LogP contribution in [0.2, 0.25) is 0 Å². The van der Waals surface area contributed by atoms with E-state index in [4.69, 9.17) is 11.6 Å². The second kappa shape index (κ2) is 4.96. The van der Waals surface area contributed by atoms with Crippen LogP contribution in [0.5, 0.6) is 0 Å². The van der Waals surface area contributed by atoms with Gasteiger partial charge in [-0.15, -0.1) is 11.6 Å². The van der Waals surface area contributed by atoms with Gasteiger partial charge in [-0.05, 0) is 25.0 Å². The van der Waals surface area contributed by atoms with E-state index < -0.39 is 15.2 Å². The van der Waals surface area contributed by atoms with Gasteiger partial charge in [0.25, 0.3) is 0 Å². The summed E-state index contributed by atoms with van der Waals surface area (Å²) in [5, 5.41) is -0.413. The fraction of sp³-hybridized carbons (Fsp3) is 0.400. The monoisotopic (exact) mass is 247 g/mol. The van der Waals surface area contributed by atoms with Crippen LogP contribution in [-0.2, 0) is 10.0 Å². The summed E-state index contributed by atoms with van der Waals surface area (Å²) in [5.74, 6) is 0. The summed E-state index contributed by atoms with van der Waals surface area (Å²) in [4.78, 5) is 0. The van der Waals surface area contributed by atoms with Crippen LogP contribution in [-0.4, -0.2) is 13.6 Å². The Morgan fingerprint density at radius 3 is 2.53 bits per heavy atom. The van der Waals surface area contributed by atoms with Gasteiger partial charge in [0.05, 0.1) is 0 Å². The molecule has 0 spiro atoms. The third kappa shape index (κ3) is 3.48. The van der Waals surface area contributed by atoms with Crippen LogP contribution >= 0.6 is 11.6 Å². The number of rotatable bonds is 4. The second-order valence-electron chi connectivity index (χ2n) is 3.42. The molecule has 1 aromatic carbocycles. The van der Waals surface area contributed by atoms with Crippen molar-refractivity contribution in [3.05, 3.63) is 35.4 Å². The van der Waals surface area contributed by atoms with Gasteiger partial charge >= 0.3 is 0 Å². The van der Waals surface area contributed by atoms with E-state index in [0.717, 1.165) is 11.1 Å². The molecule has 5 heteroatoms. The zero-order chi connectivity index (χ0) is 11.5. The number of sulfonamides is 1. The van der Waals surface area contributed by atoms with Crippen LogP contribution in [0.4, 0.5) is 0 Å². The Hall–Kier alpha value is -0.580. The van der Waals surface area contributed by atoms with Crippen LogP contribution in [0.25, 0.3) is 0 Å². The van der Waals surface area contributed by atoms with Gasteiger partial charge in [-0.25, -0.2) is 13.1 Å². The van der Waals surface area contributed by atoms with Gasteiger partial charge in [-0.1, -0.05) is 24.3 Å². The summed E-state index contributed by atoms with van der Waals surface area (Å²) in [7, 11) is -3.37. The highest BCUT2D eigenvalue weighted by Gasteiger charge is 2.15. The lowest BCUT2D eigenvalue weighted by Crippen LogP contribution is -2.27. The summed E-state index contributed by atoms with van der Waals surface area (Å²) in [6, 6.07) is 7.39. The number of aryl methyl sites for hydroxylation is 1. The first-order valence-electron chi connectivity index (χ1n) is 4.58. The van der Waals surface area contributed by atoms with E-state index in [9.17, 15) is 8.42 Å². The first-order chi connectivity index (χ1) is 6.96. The smallest absolute Gasteiger partial charge is 0.211 e. The summed E-state index contributed by atoms with van der Waals surface area (Å²) in [6.07, 6.45) is 0. The molecule has 0 unspecified atom stereocenters. The van der Waals surface area contributed by atoms with Crippen molar-refractivity contribution in [2.45, 2.75) is 19.9 Å². The van der Waals surface area contributed by atoms with Crippen LogP contribution in [0, 0.1) is 6.92 Å². The van der Waals surface area contributed by atoms with Crippen molar-refractivity contribution in [2.75, 3.05) is 5.21 Å². The molecular formula is C10H14ClNO2S. The predicted molar refractivity (Wildman–Crippen MR) is 62.4 cm³/mol. The molecule has 1 atom stereocenters. The van der Waals surface area contributed by atoms with E-state index in [2.05, 4.69) is 4.72 Å². The fourth-order valence-electron chi connectivity index (χ4n) is 1.44. The van der Waals surface area contributed by atoms with Crippen molar-refractivity contribution < 1.29 is 8.42 Å².